The zero-order valence-corrected chi connectivity index (χ0v) is 15.6. The molecule has 0 saturated carbocycles. The molecule has 0 spiro atoms. The number of ether oxygens (including phenoxy) is 1. The van der Waals surface area contributed by atoms with Crippen LogP contribution in [0.15, 0.2) is 29.2 Å². The van der Waals surface area contributed by atoms with Gasteiger partial charge in [0.1, 0.15) is 5.75 Å². The van der Waals surface area contributed by atoms with E-state index in [2.05, 4.69) is 5.32 Å². The third kappa shape index (κ3) is 5.08. The average molecular weight is 363 g/mol. The zero-order chi connectivity index (χ0) is 16.2. The van der Waals surface area contributed by atoms with Gasteiger partial charge in [-0.05, 0) is 57.5 Å². The molecule has 132 valence electrons. The Labute approximate surface area is 145 Å². The van der Waals surface area contributed by atoms with Gasteiger partial charge in [-0.25, -0.2) is 8.42 Å². The van der Waals surface area contributed by atoms with E-state index in [9.17, 15) is 8.42 Å². The van der Waals surface area contributed by atoms with Crippen LogP contribution in [-0.2, 0) is 10.0 Å². The maximum atomic E-state index is 12.9. The van der Waals surface area contributed by atoms with Crippen LogP contribution in [0.25, 0.3) is 0 Å². The zero-order valence-electron chi connectivity index (χ0n) is 14.0. The molecule has 1 atom stereocenters. The first-order valence-corrected chi connectivity index (χ1v) is 9.38. The van der Waals surface area contributed by atoms with Crippen molar-refractivity contribution in [1.29, 1.82) is 0 Å². The third-order valence-corrected chi connectivity index (χ3v) is 5.65. The standard InChI is InChI=1S/C16H26N2O3S.ClH/c1-4-11-18(14-9-10-17-12-14)22(19,20)16-7-5-15(6-8-16)21-13(2)3;/h5-8,13-14,17H,4,9-12H2,1-3H3;1H. The number of halogens is 1. The van der Waals surface area contributed by atoms with Gasteiger partial charge in [0.2, 0.25) is 10.0 Å². The quantitative estimate of drug-likeness (QED) is 0.810. The van der Waals surface area contributed by atoms with Crippen molar-refractivity contribution in [3.63, 3.8) is 0 Å². The van der Waals surface area contributed by atoms with Crippen molar-refractivity contribution in [2.75, 3.05) is 19.6 Å². The molecule has 0 aromatic heterocycles. The molecule has 1 aromatic carbocycles. The molecule has 1 aliphatic rings. The molecule has 5 nitrogen and oxygen atoms in total. The van der Waals surface area contributed by atoms with Gasteiger partial charge < -0.3 is 10.1 Å². The van der Waals surface area contributed by atoms with E-state index in [1.54, 1.807) is 28.6 Å². The summed E-state index contributed by atoms with van der Waals surface area (Å²) in [6, 6.07) is 6.78. The van der Waals surface area contributed by atoms with Gasteiger partial charge in [0.05, 0.1) is 11.0 Å². The number of hydrogen-bond acceptors (Lipinski definition) is 4. The first-order valence-electron chi connectivity index (χ1n) is 7.94. The minimum absolute atomic E-state index is 0. The van der Waals surface area contributed by atoms with Gasteiger partial charge in [-0.2, -0.15) is 4.31 Å². The number of rotatable bonds is 7. The summed E-state index contributed by atoms with van der Waals surface area (Å²) in [5.74, 6) is 0.693. The average Bonchev–Trinajstić information content (AvgIpc) is 2.98. The maximum absolute atomic E-state index is 12.9. The first-order chi connectivity index (χ1) is 10.4. The van der Waals surface area contributed by atoms with Crippen LogP contribution in [-0.4, -0.2) is 44.5 Å². The van der Waals surface area contributed by atoms with Crippen LogP contribution in [0.4, 0.5) is 0 Å². The molecule has 1 saturated heterocycles. The molecule has 7 heteroatoms. The molecule has 1 aliphatic heterocycles. The van der Waals surface area contributed by atoms with Crippen molar-refractivity contribution < 1.29 is 13.2 Å². The molecular weight excluding hydrogens is 336 g/mol. The summed E-state index contributed by atoms with van der Waals surface area (Å²) in [5, 5.41) is 3.24. The molecule has 1 fully saturated rings. The molecule has 0 aliphatic carbocycles. The molecule has 2 rings (SSSR count). The lowest BCUT2D eigenvalue weighted by Gasteiger charge is -2.27. The van der Waals surface area contributed by atoms with Gasteiger partial charge in [-0.15, -0.1) is 12.4 Å². The second kappa shape index (κ2) is 8.87. The molecule has 23 heavy (non-hydrogen) atoms. The number of hydrogen-bond donors (Lipinski definition) is 1. The minimum atomic E-state index is -3.45. The molecular formula is C16H27ClN2O3S. The molecule has 0 amide bonds. The fourth-order valence-corrected chi connectivity index (χ4v) is 4.45. The van der Waals surface area contributed by atoms with E-state index < -0.39 is 10.0 Å². The normalized spacial score (nSPS) is 18.2. The summed E-state index contributed by atoms with van der Waals surface area (Å²) in [6.45, 7) is 8.06. The van der Waals surface area contributed by atoms with Crippen LogP contribution in [0.1, 0.15) is 33.6 Å². The Hall–Kier alpha value is -0.820. The van der Waals surface area contributed by atoms with Crippen molar-refractivity contribution in [2.24, 2.45) is 0 Å². The second-order valence-corrected chi connectivity index (χ2v) is 7.79. The Morgan fingerprint density at radius 3 is 2.43 bits per heavy atom. The van der Waals surface area contributed by atoms with Crippen molar-refractivity contribution in [3.05, 3.63) is 24.3 Å². The predicted octanol–water partition coefficient (Wildman–Crippen LogP) is 2.66. The van der Waals surface area contributed by atoms with Gasteiger partial charge in [0.25, 0.3) is 0 Å². The van der Waals surface area contributed by atoms with Gasteiger partial charge >= 0.3 is 0 Å². The molecule has 0 bridgehead atoms. The van der Waals surface area contributed by atoms with Crippen molar-refractivity contribution in [1.82, 2.24) is 9.62 Å². The Balaban J connectivity index is 0.00000264. The Morgan fingerprint density at radius 2 is 1.96 bits per heavy atom. The van der Waals surface area contributed by atoms with Gasteiger partial charge in [0.15, 0.2) is 0 Å². The van der Waals surface area contributed by atoms with Crippen molar-refractivity contribution in [2.45, 2.75) is 50.7 Å². The summed E-state index contributed by atoms with van der Waals surface area (Å²) in [4.78, 5) is 0.337. The lowest BCUT2D eigenvalue weighted by atomic mass is 10.2. The lowest BCUT2D eigenvalue weighted by molar-refractivity contribution is 0.242. The van der Waals surface area contributed by atoms with Gasteiger partial charge in [0, 0.05) is 19.1 Å². The highest BCUT2D eigenvalue weighted by molar-refractivity contribution is 7.89. The van der Waals surface area contributed by atoms with E-state index >= 15 is 0 Å². The monoisotopic (exact) mass is 362 g/mol. The Kier molecular flexibility index (Phi) is 7.80. The highest BCUT2D eigenvalue weighted by atomic mass is 35.5. The fourth-order valence-electron chi connectivity index (χ4n) is 2.70. The summed E-state index contributed by atoms with van der Waals surface area (Å²) in [6.07, 6.45) is 1.75. The van der Waals surface area contributed by atoms with E-state index in [0.717, 1.165) is 25.9 Å². The fraction of sp³-hybridized carbons (Fsp3) is 0.625. The first kappa shape index (κ1) is 20.2. The van der Waals surface area contributed by atoms with E-state index in [1.807, 2.05) is 20.8 Å². The number of nitrogens with zero attached hydrogens (tertiary/aromatic N) is 1. The molecule has 1 N–H and O–H groups in total. The SMILES string of the molecule is CCCN(C1CCNC1)S(=O)(=O)c1ccc(OC(C)C)cc1.Cl. The topological polar surface area (TPSA) is 58.6 Å². The largest absolute Gasteiger partial charge is 0.491 e. The summed E-state index contributed by atoms with van der Waals surface area (Å²) in [7, 11) is -3.45. The van der Waals surface area contributed by atoms with Crippen LogP contribution < -0.4 is 10.1 Å². The smallest absolute Gasteiger partial charge is 0.243 e. The minimum Gasteiger partial charge on any atom is -0.491 e. The van der Waals surface area contributed by atoms with E-state index in [-0.39, 0.29) is 24.6 Å². The van der Waals surface area contributed by atoms with E-state index in [1.165, 1.54) is 0 Å². The van der Waals surface area contributed by atoms with E-state index in [0.29, 0.717) is 17.2 Å². The maximum Gasteiger partial charge on any atom is 0.243 e. The Morgan fingerprint density at radius 1 is 1.30 bits per heavy atom. The highest BCUT2D eigenvalue weighted by Gasteiger charge is 2.32. The number of nitrogens with one attached hydrogen (secondary N) is 1. The highest BCUT2D eigenvalue weighted by Crippen LogP contribution is 2.24. The third-order valence-electron chi connectivity index (χ3n) is 3.69. The Bertz CT molecular complexity index is 569. The summed E-state index contributed by atoms with van der Waals surface area (Å²) >= 11 is 0. The molecule has 1 heterocycles. The van der Waals surface area contributed by atoms with Crippen LogP contribution in [0.2, 0.25) is 0 Å². The van der Waals surface area contributed by atoms with Crippen LogP contribution in [0.3, 0.4) is 0 Å². The number of benzene rings is 1. The van der Waals surface area contributed by atoms with Gasteiger partial charge in [-0.3, -0.25) is 0 Å². The summed E-state index contributed by atoms with van der Waals surface area (Å²) < 4.78 is 33.0. The summed E-state index contributed by atoms with van der Waals surface area (Å²) in [5.41, 5.74) is 0. The van der Waals surface area contributed by atoms with Crippen LogP contribution in [0.5, 0.6) is 5.75 Å². The van der Waals surface area contributed by atoms with Crippen LogP contribution >= 0.6 is 12.4 Å². The molecule has 0 radical (unpaired) electrons. The number of sulfonamides is 1. The second-order valence-electron chi connectivity index (χ2n) is 5.90. The van der Waals surface area contributed by atoms with Crippen molar-refractivity contribution in [3.8, 4) is 5.75 Å². The van der Waals surface area contributed by atoms with Gasteiger partial charge in [-0.1, -0.05) is 6.92 Å². The lowest BCUT2D eigenvalue weighted by Crippen LogP contribution is -2.41. The van der Waals surface area contributed by atoms with Crippen molar-refractivity contribution >= 4 is 22.4 Å². The van der Waals surface area contributed by atoms with Crippen LogP contribution in [0, 0.1) is 0 Å². The molecule has 1 aromatic rings. The van der Waals surface area contributed by atoms with E-state index in [4.69, 9.17) is 4.74 Å². The molecule has 1 unspecified atom stereocenters. The predicted molar refractivity (Wildman–Crippen MR) is 94.9 cm³/mol.